The highest BCUT2D eigenvalue weighted by atomic mass is 16.3. The fourth-order valence-corrected chi connectivity index (χ4v) is 3.26. The summed E-state index contributed by atoms with van der Waals surface area (Å²) in [6.45, 7) is 5.27. The van der Waals surface area contributed by atoms with Gasteiger partial charge in [0.1, 0.15) is 11.3 Å². The summed E-state index contributed by atoms with van der Waals surface area (Å²) < 4.78 is 1.79. The summed E-state index contributed by atoms with van der Waals surface area (Å²) in [5.74, 6) is -0.0616. The molecule has 0 aliphatic heterocycles. The second kappa shape index (κ2) is 6.39. The second-order valence-electron chi connectivity index (χ2n) is 7.09. The maximum atomic E-state index is 12.5. The number of carbonyl (C=O) groups is 1. The van der Waals surface area contributed by atoms with Crippen molar-refractivity contribution < 1.29 is 9.90 Å². The van der Waals surface area contributed by atoms with Gasteiger partial charge in [-0.1, -0.05) is 18.1 Å². The Hall–Kier alpha value is -2.15. The summed E-state index contributed by atoms with van der Waals surface area (Å²) in [7, 11) is 0. The highest BCUT2D eigenvalue weighted by molar-refractivity contribution is 5.95. The number of amides is 1. The van der Waals surface area contributed by atoms with Gasteiger partial charge in [0.25, 0.3) is 5.91 Å². The van der Waals surface area contributed by atoms with Gasteiger partial charge < -0.3 is 15.4 Å². The molecule has 0 bridgehead atoms. The number of aromatic amines is 1. The van der Waals surface area contributed by atoms with Crippen LogP contribution in [-0.2, 0) is 5.60 Å². The summed E-state index contributed by atoms with van der Waals surface area (Å²) in [6, 6.07) is 1.87. The lowest BCUT2D eigenvalue weighted by Gasteiger charge is -2.32. The van der Waals surface area contributed by atoms with Crippen LogP contribution in [0, 0.1) is 6.92 Å². The van der Waals surface area contributed by atoms with Crippen molar-refractivity contribution in [1.29, 1.82) is 0 Å². The van der Waals surface area contributed by atoms with Crippen LogP contribution < -0.4 is 5.32 Å². The van der Waals surface area contributed by atoms with E-state index in [1.807, 2.05) is 6.92 Å². The van der Waals surface area contributed by atoms with Crippen LogP contribution in [0.1, 0.15) is 67.3 Å². The predicted molar refractivity (Wildman–Crippen MR) is 89.6 cm³/mol. The van der Waals surface area contributed by atoms with Crippen LogP contribution in [0.4, 0.5) is 0 Å². The molecule has 0 radical (unpaired) electrons. The van der Waals surface area contributed by atoms with Crippen LogP contribution in [0.25, 0.3) is 0 Å². The van der Waals surface area contributed by atoms with Gasteiger partial charge in [-0.25, -0.2) is 4.68 Å². The third-order valence-corrected chi connectivity index (χ3v) is 4.72. The van der Waals surface area contributed by atoms with E-state index >= 15 is 0 Å². The van der Waals surface area contributed by atoms with Crippen LogP contribution >= 0.6 is 0 Å². The number of aliphatic hydroxyl groups is 1. The molecular formula is C17H25N5O2. The third kappa shape index (κ3) is 3.36. The number of hydrogen-bond acceptors (Lipinski definition) is 4. The molecule has 130 valence electrons. The number of nitrogens with zero attached hydrogens (tertiary/aromatic N) is 3. The van der Waals surface area contributed by atoms with Crippen molar-refractivity contribution >= 4 is 5.91 Å². The first kappa shape index (κ1) is 16.7. The van der Waals surface area contributed by atoms with E-state index in [1.54, 1.807) is 37.0 Å². The van der Waals surface area contributed by atoms with Gasteiger partial charge in [0.2, 0.25) is 0 Å². The minimum absolute atomic E-state index is 0.0110. The lowest BCUT2D eigenvalue weighted by molar-refractivity contribution is 0.0735. The van der Waals surface area contributed by atoms with Crippen LogP contribution in [0.15, 0.2) is 18.5 Å². The predicted octanol–water partition coefficient (Wildman–Crippen LogP) is 2.06. The summed E-state index contributed by atoms with van der Waals surface area (Å²) in [4.78, 5) is 15.6. The molecule has 24 heavy (non-hydrogen) atoms. The number of hydrogen-bond donors (Lipinski definition) is 3. The maximum Gasteiger partial charge on any atom is 0.253 e. The Labute approximate surface area is 141 Å². The smallest absolute Gasteiger partial charge is 0.253 e. The second-order valence-corrected chi connectivity index (χ2v) is 7.09. The molecule has 7 nitrogen and oxygen atoms in total. The van der Waals surface area contributed by atoms with E-state index in [4.69, 9.17) is 0 Å². The van der Waals surface area contributed by atoms with Gasteiger partial charge in [-0.05, 0) is 39.7 Å². The summed E-state index contributed by atoms with van der Waals surface area (Å²) >= 11 is 0. The molecule has 2 aromatic heterocycles. The Morgan fingerprint density at radius 2 is 2.17 bits per heavy atom. The van der Waals surface area contributed by atoms with E-state index in [1.165, 1.54) is 0 Å². The highest BCUT2D eigenvalue weighted by Crippen LogP contribution is 2.29. The lowest BCUT2D eigenvalue weighted by atomic mass is 9.90. The van der Waals surface area contributed by atoms with Crippen LogP contribution in [0.3, 0.4) is 0 Å². The molecule has 1 aliphatic carbocycles. The van der Waals surface area contributed by atoms with Crippen molar-refractivity contribution in [3.8, 4) is 0 Å². The van der Waals surface area contributed by atoms with Gasteiger partial charge in [0.05, 0.1) is 23.8 Å². The van der Waals surface area contributed by atoms with E-state index in [2.05, 4.69) is 20.6 Å². The lowest BCUT2D eigenvalue weighted by Crippen LogP contribution is -2.43. The monoisotopic (exact) mass is 331 g/mol. The highest BCUT2D eigenvalue weighted by Gasteiger charge is 2.31. The van der Waals surface area contributed by atoms with Crippen LogP contribution in [0.2, 0.25) is 0 Å². The van der Waals surface area contributed by atoms with E-state index < -0.39 is 5.60 Å². The average molecular weight is 331 g/mol. The van der Waals surface area contributed by atoms with Gasteiger partial charge in [-0.2, -0.15) is 0 Å². The van der Waals surface area contributed by atoms with Crippen LogP contribution in [0.5, 0.6) is 0 Å². The molecule has 1 amide bonds. The topological polar surface area (TPSA) is 95.8 Å². The quantitative estimate of drug-likeness (QED) is 0.799. The van der Waals surface area contributed by atoms with Crippen molar-refractivity contribution in [3.63, 3.8) is 0 Å². The van der Waals surface area contributed by atoms with Crippen molar-refractivity contribution in [1.82, 2.24) is 25.3 Å². The molecule has 2 heterocycles. The number of aryl methyl sites for hydroxylation is 1. The average Bonchev–Trinajstić information content (AvgIpc) is 3.16. The molecule has 3 N–H and O–H groups in total. The molecule has 7 heteroatoms. The number of nitrogens with one attached hydrogen (secondary N) is 2. The van der Waals surface area contributed by atoms with Gasteiger partial charge in [0, 0.05) is 11.9 Å². The minimum atomic E-state index is -1.02. The first-order chi connectivity index (χ1) is 11.4. The largest absolute Gasteiger partial charge is 0.384 e. The molecular weight excluding hydrogens is 306 g/mol. The Morgan fingerprint density at radius 3 is 2.79 bits per heavy atom. The Kier molecular flexibility index (Phi) is 4.45. The van der Waals surface area contributed by atoms with E-state index in [-0.39, 0.29) is 18.0 Å². The summed E-state index contributed by atoms with van der Waals surface area (Å²) in [5, 5.41) is 21.5. The van der Waals surface area contributed by atoms with Crippen molar-refractivity contribution in [2.45, 2.75) is 64.1 Å². The summed E-state index contributed by atoms with van der Waals surface area (Å²) in [5.41, 5.74) is 1.06. The molecule has 0 saturated heterocycles. The number of carbonyl (C=O) groups excluding carboxylic acids is 1. The van der Waals surface area contributed by atoms with Gasteiger partial charge in [-0.15, -0.1) is 5.10 Å². The molecule has 2 atom stereocenters. The normalized spacial score (nSPS) is 21.7. The van der Waals surface area contributed by atoms with Crippen molar-refractivity contribution in [3.05, 3.63) is 35.4 Å². The Balaban J connectivity index is 1.77. The Bertz CT molecular complexity index is 713. The molecule has 0 unspecified atom stereocenters. The molecule has 1 aliphatic rings. The first-order valence-electron chi connectivity index (χ1n) is 8.46. The molecule has 3 rings (SSSR count). The molecule has 0 spiro atoms. The summed E-state index contributed by atoms with van der Waals surface area (Å²) in [6.07, 6.45) is 7.59. The zero-order valence-electron chi connectivity index (χ0n) is 14.4. The van der Waals surface area contributed by atoms with E-state index in [9.17, 15) is 9.90 Å². The van der Waals surface area contributed by atoms with Gasteiger partial charge in [-0.3, -0.25) is 4.79 Å². The number of H-pyrrole nitrogens is 1. The fraction of sp³-hybridized carbons (Fsp3) is 0.588. The minimum Gasteiger partial charge on any atom is -0.384 e. The standard InChI is InChI=1S/C17H25N5O2/c1-11-12(8-9-18-11)16(23)19-13-6-4-5-7-14(13)22-10-15(20-21-22)17(2,3)24/h8-10,13-14,18,24H,4-7H2,1-3H3,(H,19,23)/t13-,14+/m0/s1. The Morgan fingerprint density at radius 1 is 1.42 bits per heavy atom. The zero-order chi connectivity index (χ0) is 17.3. The van der Waals surface area contributed by atoms with Crippen molar-refractivity contribution in [2.75, 3.05) is 0 Å². The molecule has 0 aromatic carbocycles. The van der Waals surface area contributed by atoms with Gasteiger partial charge >= 0.3 is 0 Å². The number of aromatic nitrogens is 4. The SMILES string of the molecule is Cc1[nH]ccc1C(=O)N[C@H]1CCCC[C@H]1n1cc(C(C)(C)O)nn1. The fourth-order valence-electron chi connectivity index (χ4n) is 3.26. The third-order valence-electron chi connectivity index (χ3n) is 4.72. The van der Waals surface area contributed by atoms with E-state index in [0.717, 1.165) is 31.4 Å². The number of rotatable bonds is 4. The first-order valence-corrected chi connectivity index (χ1v) is 8.46. The molecule has 1 saturated carbocycles. The van der Waals surface area contributed by atoms with Crippen molar-refractivity contribution in [2.24, 2.45) is 0 Å². The maximum absolute atomic E-state index is 12.5. The van der Waals surface area contributed by atoms with Crippen LogP contribution in [-0.4, -0.2) is 37.0 Å². The van der Waals surface area contributed by atoms with Gasteiger partial charge in [0.15, 0.2) is 0 Å². The molecule has 2 aromatic rings. The zero-order valence-corrected chi connectivity index (χ0v) is 14.4. The van der Waals surface area contributed by atoms with E-state index in [0.29, 0.717) is 11.3 Å². The molecule has 1 fully saturated rings.